The van der Waals surface area contributed by atoms with Gasteiger partial charge >= 0.3 is 0 Å². The van der Waals surface area contributed by atoms with Crippen molar-refractivity contribution >= 4 is 5.91 Å². The molecule has 2 unspecified atom stereocenters. The Morgan fingerprint density at radius 3 is 2.86 bits per heavy atom. The summed E-state index contributed by atoms with van der Waals surface area (Å²) < 4.78 is 0. The normalized spacial score (nSPS) is 19.7. The lowest BCUT2D eigenvalue weighted by molar-refractivity contribution is -0.122. The molecule has 2 aromatic rings. The summed E-state index contributed by atoms with van der Waals surface area (Å²) in [6.07, 6.45) is 1.24. The molecule has 2 N–H and O–H groups in total. The summed E-state index contributed by atoms with van der Waals surface area (Å²) in [6.45, 7) is 2.05. The maximum absolute atomic E-state index is 12.2. The molecule has 0 aliphatic heterocycles. The van der Waals surface area contributed by atoms with Crippen LogP contribution in [-0.2, 0) is 17.6 Å². The van der Waals surface area contributed by atoms with E-state index in [0.29, 0.717) is 12.8 Å². The average molecular weight is 295 g/mol. The zero-order valence-corrected chi connectivity index (χ0v) is 12.8. The van der Waals surface area contributed by atoms with E-state index < -0.39 is 6.10 Å². The smallest absolute Gasteiger partial charge is 0.220 e. The molecule has 0 bridgehead atoms. The molecule has 114 valence electrons. The average Bonchev–Trinajstić information content (AvgIpc) is 2.81. The number of nitrogens with one attached hydrogen (secondary N) is 1. The van der Waals surface area contributed by atoms with Crippen LogP contribution in [0.2, 0.25) is 0 Å². The lowest BCUT2D eigenvalue weighted by atomic mass is 10.1. The van der Waals surface area contributed by atoms with Crippen LogP contribution in [0.4, 0.5) is 0 Å². The van der Waals surface area contributed by atoms with E-state index in [2.05, 4.69) is 24.4 Å². The van der Waals surface area contributed by atoms with Gasteiger partial charge in [0.2, 0.25) is 5.91 Å². The third kappa shape index (κ3) is 3.20. The number of carbonyl (C=O) groups is 1. The summed E-state index contributed by atoms with van der Waals surface area (Å²) >= 11 is 0. The van der Waals surface area contributed by atoms with Crippen molar-refractivity contribution in [3.8, 4) is 0 Å². The van der Waals surface area contributed by atoms with E-state index in [1.165, 1.54) is 11.1 Å². The zero-order chi connectivity index (χ0) is 15.5. The molecule has 0 spiro atoms. The van der Waals surface area contributed by atoms with E-state index in [9.17, 15) is 9.90 Å². The van der Waals surface area contributed by atoms with E-state index >= 15 is 0 Å². The topological polar surface area (TPSA) is 49.3 Å². The first-order valence-electron chi connectivity index (χ1n) is 7.74. The second kappa shape index (κ2) is 6.32. The molecule has 0 fully saturated rings. The number of aliphatic hydroxyl groups excluding tert-OH is 1. The van der Waals surface area contributed by atoms with Crippen LogP contribution in [0.5, 0.6) is 0 Å². The number of aliphatic hydroxyl groups is 1. The third-order valence-corrected chi connectivity index (χ3v) is 4.24. The fourth-order valence-electron chi connectivity index (χ4n) is 3.12. The molecular formula is C19H21NO2. The van der Waals surface area contributed by atoms with Crippen molar-refractivity contribution < 1.29 is 9.90 Å². The van der Waals surface area contributed by atoms with E-state index in [1.54, 1.807) is 0 Å². The van der Waals surface area contributed by atoms with Crippen molar-refractivity contribution in [2.45, 2.75) is 38.3 Å². The second-order valence-electron chi connectivity index (χ2n) is 6.00. The minimum atomic E-state index is -0.527. The maximum atomic E-state index is 12.2. The molecule has 2 aromatic carbocycles. The first-order valence-corrected chi connectivity index (χ1v) is 7.74. The number of carbonyl (C=O) groups excluding carboxylic acids is 1. The molecule has 3 rings (SSSR count). The molecule has 0 radical (unpaired) electrons. The van der Waals surface area contributed by atoms with Crippen LogP contribution in [0.1, 0.15) is 34.7 Å². The van der Waals surface area contributed by atoms with Crippen LogP contribution in [0.25, 0.3) is 0 Å². The molecule has 2 atom stereocenters. The molecule has 1 aliphatic rings. The predicted molar refractivity (Wildman–Crippen MR) is 86.5 cm³/mol. The van der Waals surface area contributed by atoms with Crippen molar-refractivity contribution in [2.75, 3.05) is 0 Å². The SMILES string of the molecule is Cc1cccc(CCC(=O)NC2c3ccccc3CC2O)c1. The van der Waals surface area contributed by atoms with Gasteiger partial charge in [0.1, 0.15) is 0 Å². The summed E-state index contributed by atoms with van der Waals surface area (Å²) in [4.78, 5) is 12.2. The van der Waals surface area contributed by atoms with Crippen LogP contribution in [0, 0.1) is 6.92 Å². The Morgan fingerprint density at radius 2 is 2.05 bits per heavy atom. The first kappa shape index (κ1) is 14.8. The minimum Gasteiger partial charge on any atom is -0.390 e. The number of hydrogen-bond acceptors (Lipinski definition) is 2. The van der Waals surface area contributed by atoms with Gasteiger partial charge in [-0.15, -0.1) is 0 Å². The highest BCUT2D eigenvalue weighted by Gasteiger charge is 2.31. The second-order valence-corrected chi connectivity index (χ2v) is 6.00. The largest absolute Gasteiger partial charge is 0.390 e. The van der Waals surface area contributed by atoms with Gasteiger partial charge < -0.3 is 10.4 Å². The Balaban J connectivity index is 1.60. The van der Waals surface area contributed by atoms with Gasteiger partial charge in [-0.2, -0.15) is 0 Å². The van der Waals surface area contributed by atoms with Crippen LogP contribution < -0.4 is 5.32 Å². The van der Waals surface area contributed by atoms with Crippen molar-refractivity contribution in [3.63, 3.8) is 0 Å². The summed E-state index contributed by atoms with van der Waals surface area (Å²) in [6, 6.07) is 15.8. The lowest BCUT2D eigenvalue weighted by Crippen LogP contribution is -2.33. The fraction of sp³-hybridized carbons (Fsp3) is 0.316. The first-order chi connectivity index (χ1) is 10.6. The van der Waals surface area contributed by atoms with E-state index in [1.807, 2.05) is 36.4 Å². The summed E-state index contributed by atoms with van der Waals surface area (Å²) in [5, 5.41) is 13.1. The summed E-state index contributed by atoms with van der Waals surface area (Å²) in [5.74, 6) is -0.0118. The molecule has 0 saturated heterocycles. The van der Waals surface area contributed by atoms with Crippen LogP contribution in [-0.4, -0.2) is 17.1 Å². The van der Waals surface area contributed by atoms with Gasteiger partial charge in [-0.3, -0.25) is 4.79 Å². The number of rotatable bonds is 4. The molecular weight excluding hydrogens is 274 g/mol. The van der Waals surface area contributed by atoms with Crippen molar-refractivity contribution in [2.24, 2.45) is 0 Å². The predicted octanol–water partition coefficient (Wildman–Crippen LogP) is 2.70. The summed E-state index contributed by atoms with van der Waals surface area (Å²) in [5.41, 5.74) is 4.54. The van der Waals surface area contributed by atoms with E-state index in [-0.39, 0.29) is 11.9 Å². The Bertz CT molecular complexity index is 681. The van der Waals surface area contributed by atoms with Gasteiger partial charge in [-0.1, -0.05) is 54.1 Å². The van der Waals surface area contributed by atoms with Gasteiger partial charge in [-0.25, -0.2) is 0 Å². The van der Waals surface area contributed by atoms with E-state index in [4.69, 9.17) is 0 Å². The van der Waals surface area contributed by atoms with Gasteiger partial charge in [0, 0.05) is 12.8 Å². The Kier molecular flexibility index (Phi) is 4.25. The lowest BCUT2D eigenvalue weighted by Gasteiger charge is -2.18. The molecule has 22 heavy (non-hydrogen) atoms. The third-order valence-electron chi connectivity index (χ3n) is 4.24. The van der Waals surface area contributed by atoms with Gasteiger partial charge in [0.05, 0.1) is 12.1 Å². The molecule has 0 aromatic heterocycles. The molecule has 0 heterocycles. The molecule has 1 amide bonds. The van der Waals surface area contributed by atoms with Crippen LogP contribution in [0.3, 0.4) is 0 Å². The minimum absolute atomic E-state index is 0.0118. The van der Waals surface area contributed by atoms with Gasteiger partial charge in [0.25, 0.3) is 0 Å². The Labute approximate surface area is 131 Å². The number of aryl methyl sites for hydroxylation is 2. The highest BCUT2D eigenvalue weighted by Crippen LogP contribution is 2.31. The zero-order valence-electron chi connectivity index (χ0n) is 12.8. The maximum Gasteiger partial charge on any atom is 0.220 e. The van der Waals surface area contributed by atoms with Crippen molar-refractivity contribution in [3.05, 3.63) is 70.8 Å². The molecule has 1 aliphatic carbocycles. The highest BCUT2D eigenvalue weighted by atomic mass is 16.3. The monoisotopic (exact) mass is 295 g/mol. The number of fused-ring (bicyclic) bond motifs is 1. The standard InChI is InChI=1S/C19H21NO2/c1-13-5-4-6-14(11-13)9-10-18(22)20-19-16-8-3-2-7-15(16)12-17(19)21/h2-8,11,17,19,21H,9-10,12H2,1H3,(H,20,22). The molecule has 0 saturated carbocycles. The highest BCUT2D eigenvalue weighted by molar-refractivity contribution is 5.77. The van der Waals surface area contributed by atoms with Gasteiger partial charge in [0.15, 0.2) is 0 Å². The van der Waals surface area contributed by atoms with Crippen LogP contribution >= 0.6 is 0 Å². The Morgan fingerprint density at radius 1 is 1.23 bits per heavy atom. The van der Waals surface area contributed by atoms with Crippen LogP contribution in [0.15, 0.2) is 48.5 Å². The quantitative estimate of drug-likeness (QED) is 0.911. The number of benzene rings is 2. The van der Waals surface area contributed by atoms with Crippen molar-refractivity contribution in [1.82, 2.24) is 5.32 Å². The molecule has 3 nitrogen and oxygen atoms in total. The number of amides is 1. The van der Waals surface area contributed by atoms with Crippen molar-refractivity contribution in [1.29, 1.82) is 0 Å². The number of hydrogen-bond donors (Lipinski definition) is 2. The van der Waals surface area contributed by atoms with Gasteiger partial charge in [-0.05, 0) is 30.0 Å². The Hall–Kier alpha value is -2.13. The fourth-order valence-corrected chi connectivity index (χ4v) is 3.12. The summed E-state index contributed by atoms with van der Waals surface area (Å²) in [7, 11) is 0. The van der Waals surface area contributed by atoms with E-state index in [0.717, 1.165) is 17.5 Å². The molecule has 3 heteroatoms.